The molecule has 2 aromatic rings. The maximum absolute atomic E-state index is 12.9. The first-order chi connectivity index (χ1) is 14.0. The number of methoxy groups -OCH3 is 2. The van der Waals surface area contributed by atoms with Gasteiger partial charge in [-0.2, -0.15) is 0 Å². The molecule has 2 N–H and O–H groups in total. The third kappa shape index (κ3) is 5.94. The Morgan fingerprint density at radius 1 is 0.966 bits per heavy atom. The first kappa shape index (κ1) is 21.6. The predicted octanol–water partition coefficient (Wildman–Crippen LogP) is 4.07. The van der Waals surface area contributed by atoms with Gasteiger partial charge >= 0.3 is 0 Å². The van der Waals surface area contributed by atoms with E-state index in [0.717, 1.165) is 75.1 Å². The van der Waals surface area contributed by atoms with Crippen molar-refractivity contribution in [1.29, 1.82) is 0 Å². The highest BCUT2D eigenvalue weighted by molar-refractivity contribution is 5.48. The monoisotopic (exact) mass is 401 g/mol. The van der Waals surface area contributed by atoms with Gasteiger partial charge in [0.25, 0.3) is 0 Å². The van der Waals surface area contributed by atoms with Gasteiger partial charge in [0.1, 0.15) is 5.82 Å². The molecule has 0 aliphatic heterocycles. The Kier molecular flexibility index (Phi) is 7.51. The third-order valence-corrected chi connectivity index (χ3v) is 5.92. The quantitative estimate of drug-likeness (QED) is 0.491. The zero-order valence-electron chi connectivity index (χ0n) is 17.5. The number of ether oxygens (including phenoxy) is 2. The minimum absolute atomic E-state index is 0.197. The van der Waals surface area contributed by atoms with Crippen molar-refractivity contribution in [2.45, 2.75) is 50.5 Å². The maximum Gasteiger partial charge on any atom is 0.161 e. The average Bonchev–Trinajstić information content (AvgIpc) is 2.90. The molecule has 3 rings (SSSR count). The normalized spacial score (nSPS) is 15.4. The molecule has 0 aromatic heterocycles. The summed E-state index contributed by atoms with van der Waals surface area (Å²) >= 11 is 0. The zero-order chi connectivity index (χ0) is 20.7. The van der Waals surface area contributed by atoms with Crippen molar-refractivity contribution in [2.24, 2.45) is 0 Å². The van der Waals surface area contributed by atoms with Crippen molar-refractivity contribution in [3.8, 4) is 11.5 Å². The minimum atomic E-state index is -0.627. The van der Waals surface area contributed by atoms with E-state index in [-0.39, 0.29) is 5.82 Å². The zero-order valence-corrected chi connectivity index (χ0v) is 17.5. The van der Waals surface area contributed by atoms with E-state index in [4.69, 9.17) is 9.47 Å². The Balaban J connectivity index is 1.43. The van der Waals surface area contributed by atoms with Gasteiger partial charge in [0, 0.05) is 0 Å². The fourth-order valence-electron chi connectivity index (χ4n) is 4.09. The lowest BCUT2D eigenvalue weighted by Gasteiger charge is -2.26. The van der Waals surface area contributed by atoms with E-state index >= 15 is 0 Å². The van der Waals surface area contributed by atoms with Gasteiger partial charge in [-0.1, -0.05) is 12.1 Å². The van der Waals surface area contributed by atoms with Crippen molar-refractivity contribution >= 4 is 0 Å². The van der Waals surface area contributed by atoms with Crippen molar-refractivity contribution in [3.63, 3.8) is 0 Å². The summed E-state index contributed by atoms with van der Waals surface area (Å²) in [7, 11) is 3.31. The summed E-state index contributed by atoms with van der Waals surface area (Å²) in [6.07, 6.45) is 5.84. The van der Waals surface area contributed by atoms with Crippen molar-refractivity contribution in [2.75, 3.05) is 27.3 Å². The van der Waals surface area contributed by atoms with Crippen LogP contribution >= 0.6 is 0 Å². The van der Waals surface area contributed by atoms with Gasteiger partial charge in [-0.05, 0) is 99.0 Å². The molecule has 0 spiro atoms. The summed E-state index contributed by atoms with van der Waals surface area (Å²) in [4.78, 5) is 0. The number of aliphatic hydroxyl groups is 1. The van der Waals surface area contributed by atoms with Crippen LogP contribution in [-0.4, -0.2) is 38.0 Å². The fraction of sp³-hybridized carbons (Fsp3) is 0.500. The van der Waals surface area contributed by atoms with Gasteiger partial charge in [-0.15, -0.1) is 0 Å². The molecule has 2 aromatic carbocycles. The molecule has 0 fully saturated rings. The lowest BCUT2D eigenvalue weighted by Crippen LogP contribution is -2.30. The van der Waals surface area contributed by atoms with Gasteiger partial charge < -0.3 is 19.9 Å². The second-order valence-electron chi connectivity index (χ2n) is 7.93. The van der Waals surface area contributed by atoms with E-state index in [1.165, 1.54) is 23.3 Å². The van der Waals surface area contributed by atoms with Crippen LogP contribution in [0.1, 0.15) is 42.4 Å². The second kappa shape index (κ2) is 10.1. The number of hydrogen-bond acceptors (Lipinski definition) is 4. The highest BCUT2D eigenvalue weighted by Crippen LogP contribution is 2.37. The van der Waals surface area contributed by atoms with Gasteiger partial charge in [0.05, 0.1) is 19.8 Å². The second-order valence-corrected chi connectivity index (χ2v) is 7.93. The number of rotatable bonds is 9. The van der Waals surface area contributed by atoms with Crippen LogP contribution in [0.3, 0.4) is 0 Å². The van der Waals surface area contributed by atoms with Crippen LogP contribution in [0.15, 0.2) is 36.4 Å². The number of aryl methyl sites for hydroxylation is 2. The summed E-state index contributed by atoms with van der Waals surface area (Å²) in [6, 6.07) is 10.8. The van der Waals surface area contributed by atoms with Gasteiger partial charge in [-0.25, -0.2) is 4.39 Å². The molecule has 158 valence electrons. The first-order valence-corrected chi connectivity index (χ1v) is 10.4. The van der Waals surface area contributed by atoms with Crippen LogP contribution in [0.25, 0.3) is 0 Å². The highest BCUT2D eigenvalue weighted by Gasteiger charge is 2.29. The van der Waals surface area contributed by atoms with Crippen LogP contribution in [0.2, 0.25) is 0 Å². The largest absolute Gasteiger partial charge is 0.493 e. The maximum atomic E-state index is 12.9. The molecule has 5 heteroatoms. The van der Waals surface area contributed by atoms with Crippen molar-refractivity contribution in [1.82, 2.24) is 5.32 Å². The molecule has 0 amide bonds. The molecule has 1 aliphatic rings. The van der Waals surface area contributed by atoms with Crippen LogP contribution in [0, 0.1) is 5.82 Å². The van der Waals surface area contributed by atoms with Crippen LogP contribution in [0.5, 0.6) is 11.5 Å². The van der Waals surface area contributed by atoms with Gasteiger partial charge in [0.2, 0.25) is 0 Å². The standard InChI is InChI=1S/C24H32FNO3/c1-28-22-16-19-8-12-24(27,13-9-20(19)17-23(22)29-2)11-3-14-26-15-10-18-4-6-21(25)7-5-18/h4-7,16-17,26-27H,3,8-15H2,1-2H3. The molecule has 0 saturated carbocycles. The van der Waals surface area contributed by atoms with Crippen molar-refractivity contribution in [3.05, 3.63) is 58.9 Å². The van der Waals surface area contributed by atoms with E-state index < -0.39 is 5.60 Å². The van der Waals surface area contributed by atoms with E-state index in [1.54, 1.807) is 14.2 Å². The smallest absolute Gasteiger partial charge is 0.161 e. The first-order valence-electron chi connectivity index (χ1n) is 10.4. The molecule has 0 heterocycles. The molecule has 1 aliphatic carbocycles. The lowest BCUT2D eigenvalue weighted by molar-refractivity contribution is 0.0155. The number of fused-ring (bicyclic) bond motifs is 1. The van der Waals surface area contributed by atoms with E-state index in [2.05, 4.69) is 17.4 Å². The van der Waals surface area contributed by atoms with Gasteiger partial charge in [-0.3, -0.25) is 0 Å². The summed E-state index contributed by atoms with van der Waals surface area (Å²) < 4.78 is 23.8. The average molecular weight is 402 g/mol. The number of hydrogen-bond donors (Lipinski definition) is 2. The molecule has 29 heavy (non-hydrogen) atoms. The summed E-state index contributed by atoms with van der Waals surface area (Å²) in [5.74, 6) is 1.31. The van der Waals surface area contributed by atoms with Gasteiger partial charge in [0.15, 0.2) is 11.5 Å². The van der Waals surface area contributed by atoms with Crippen LogP contribution in [0.4, 0.5) is 4.39 Å². The van der Waals surface area contributed by atoms with Crippen LogP contribution < -0.4 is 14.8 Å². The molecule has 0 unspecified atom stereocenters. The van der Waals surface area contributed by atoms with Crippen LogP contribution in [-0.2, 0) is 19.3 Å². The number of benzene rings is 2. The summed E-state index contributed by atoms with van der Waals surface area (Å²) in [5, 5.41) is 14.5. The lowest BCUT2D eigenvalue weighted by atomic mass is 9.89. The predicted molar refractivity (Wildman–Crippen MR) is 113 cm³/mol. The Morgan fingerprint density at radius 3 is 2.10 bits per heavy atom. The molecular weight excluding hydrogens is 369 g/mol. The minimum Gasteiger partial charge on any atom is -0.493 e. The molecular formula is C24H32FNO3. The van der Waals surface area contributed by atoms with E-state index in [0.29, 0.717) is 0 Å². The number of halogens is 1. The third-order valence-electron chi connectivity index (χ3n) is 5.92. The number of nitrogens with one attached hydrogen (secondary N) is 1. The Labute approximate surface area is 173 Å². The highest BCUT2D eigenvalue weighted by atomic mass is 19.1. The Hall–Kier alpha value is -2.11. The fourth-order valence-corrected chi connectivity index (χ4v) is 4.09. The van der Waals surface area contributed by atoms with E-state index in [9.17, 15) is 9.50 Å². The SMILES string of the molecule is COc1cc2c(cc1OC)CCC(O)(CCCNCCc1ccc(F)cc1)CC2. The summed E-state index contributed by atoms with van der Waals surface area (Å²) in [5.41, 5.74) is 3.00. The summed E-state index contributed by atoms with van der Waals surface area (Å²) in [6.45, 7) is 1.73. The van der Waals surface area contributed by atoms with E-state index in [1.807, 2.05) is 12.1 Å². The molecule has 0 atom stereocenters. The topological polar surface area (TPSA) is 50.7 Å². The molecule has 0 bridgehead atoms. The molecule has 4 nitrogen and oxygen atoms in total. The molecule has 0 saturated heterocycles. The molecule has 0 radical (unpaired) electrons. The Bertz CT molecular complexity index is 756. The Morgan fingerprint density at radius 2 is 1.55 bits per heavy atom. The van der Waals surface area contributed by atoms with Crippen molar-refractivity contribution < 1.29 is 19.0 Å².